The van der Waals surface area contributed by atoms with Crippen LogP contribution in [-0.4, -0.2) is 43.4 Å². The summed E-state index contributed by atoms with van der Waals surface area (Å²) >= 11 is 0. The van der Waals surface area contributed by atoms with Gasteiger partial charge in [-0.2, -0.15) is 0 Å². The Bertz CT molecular complexity index is 805. The summed E-state index contributed by atoms with van der Waals surface area (Å²) in [5, 5.41) is 5.99. The Hall–Kier alpha value is -2.66. The predicted octanol–water partition coefficient (Wildman–Crippen LogP) is 2.87. The van der Waals surface area contributed by atoms with Crippen LogP contribution in [0.15, 0.2) is 54.6 Å². The van der Waals surface area contributed by atoms with Crippen LogP contribution < -0.4 is 10.6 Å². The third kappa shape index (κ3) is 5.42. The topological polar surface area (TPSA) is 61.4 Å². The molecule has 2 amide bonds. The molecule has 1 aliphatic heterocycles. The fraction of sp³-hybridized carbons (Fsp3) is 0.391. The molecule has 0 spiro atoms. The summed E-state index contributed by atoms with van der Waals surface area (Å²) in [6, 6.07) is 18.4. The van der Waals surface area contributed by atoms with Gasteiger partial charge in [0.15, 0.2) is 0 Å². The van der Waals surface area contributed by atoms with E-state index in [1.165, 1.54) is 5.56 Å². The lowest BCUT2D eigenvalue weighted by Gasteiger charge is -2.26. The molecule has 2 unspecified atom stereocenters. The van der Waals surface area contributed by atoms with Crippen LogP contribution in [0, 0.1) is 5.92 Å². The third-order valence-electron chi connectivity index (χ3n) is 5.41. The van der Waals surface area contributed by atoms with Crippen LogP contribution in [-0.2, 0) is 22.4 Å². The number of nitrogens with one attached hydrogen (secondary N) is 2. The molecule has 3 rings (SSSR count). The Labute approximate surface area is 167 Å². The number of benzene rings is 2. The highest BCUT2D eigenvalue weighted by Gasteiger charge is 2.26. The zero-order valence-corrected chi connectivity index (χ0v) is 16.7. The molecule has 5 heteroatoms. The molecule has 2 N–H and O–H groups in total. The summed E-state index contributed by atoms with van der Waals surface area (Å²) in [5.41, 5.74) is 3.29. The summed E-state index contributed by atoms with van der Waals surface area (Å²) in [6.45, 7) is 0.598. The molecule has 2 aromatic rings. The van der Waals surface area contributed by atoms with Gasteiger partial charge in [-0.1, -0.05) is 48.5 Å². The molecule has 28 heavy (non-hydrogen) atoms. The first kappa shape index (κ1) is 20.1. The van der Waals surface area contributed by atoms with Gasteiger partial charge in [0.1, 0.15) is 0 Å². The van der Waals surface area contributed by atoms with Crippen molar-refractivity contribution < 1.29 is 9.59 Å². The van der Waals surface area contributed by atoms with Gasteiger partial charge in [0.2, 0.25) is 11.8 Å². The molecule has 0 aliphatic carbocycles. The van der Waals surface area contributed by atoms with Gasteiger partial charge in [0.05, 0.1) is 0 Å². The summed E-state index contributed by atoms with van der Waals surface area (Å²) < 4.78 is 0. The van der Waals surface area contributed by atoms with E-state index in [0.29, 0.717) is 25.8 Å². The minimum absolute atomic E-state index is 0.00608. The van der Waals surface area contributed by atoms with Crippen molar-refractivity contribution in [2.75, 3.05) is 26.0 Å². The molecule has 148 valence electrons. The number of rotatable bonds is 8. The van der Waals surface area contributed by atoms with E-state index >= 15 is 0 Å². The van der Waals surface area contributed by atoms with E-state index in [1.807, 2.05) is 56.6 Å². The monoisotopic (exact) mass is 379 g/mol. The summed E-state index contributed by atoms with van der Waals surface area (Å²) in [7, 11) is 4.06. The van der Waals surface area contributed by atoms with Crippen molar-refractivity contribution in [2.45, 2.75) is 31.7 Å². The molecule has 0 fully saturated rings. The molecule has 1 heterocycles. The van der Waals surface area contributed by atoms with Crippen LogP contribution in [0.3, 0.4) is 0 Å². The van der Waals surface area contributed by atoms with Gasteiger partial charge in [-0.3, -0.25) is 9.59 Å². The molecule has 0 saturated carbocycles. The van der Waals surface area contributed by atoms with E-state index in [0.717, 1.165) is 17.7 Å². The van der Waals surface area contributed by atoms with Crippen LogP contribution >= 0.6 is 0 Å². The first-order valence-corrected chi connectivity index (χ1v) is 9.88. The van der Waals surface area contributed by atoms with E-state index in [4.69, 9.17) is 0 Å². The maximum absolute atomic E-state index is 12.4. The van der Waals surface area contributed by atoms with Gasteiger partial charge >= 0.3 is 0 Å². The van der Waals surface area contributed by atoms with Crippen molar-refractivity contribution in [3.8, 4) is 0 Å². The minimum Gasteiger partial charge on any atom is -0.355 e. The van der Waals surface area contributed by atoms with Crippen LogP contribution in [0.2, 0.25) is 0 Å². The van der Waals surface area contributed by atoms with Crippen LogP contribution in [0.4, 0.5) is 5.69 Å². The molecule has 0 saturated heterocycles. The summed E-state index contributed by atoms with van der Waals surface area (Å²) in [4.78, 5) is 26.8. The second-order valence-electron chi connectivity index (χ2n) is 7.70. The van der Waals surface area contributed by atoms with Crippen molar-refractivity contribution in [3.05, 3.63) is 65.7 Å². The van der Waals surface area contributed by atoms with E-state index in [-0.39, 0.29) is 23.8 Å². The van der Waals surface area contributed by atoms with Gasteiger partial charge in [0.25, 0.3) is 0 Å². The zero-order chi connectivity index (χ0) is 19.9. The normalized spacial score (nSPS) is 17.0. The molecule has 1 aliphatic rings. The first-order chi connectivity index (χ1) is 13.5. The lowest BCUT2D eigenvalue weighted by molar-refractivity contribution is -0.123. The van der Waals surface area contributed by atoms with Gasteiger partial charge in [-0.05, 0) is 50.6 Å². The fourth-order valence-electron chi connectivity index (χ4n) is 3.60. The third-order valence-corrected chi connectivity index (χ3v) is 5.41. The number of para-hydroxylation sites is 1. The van der Waals surface area contributed by atoms with Gasteiger partial charge in [-0.15, -0.1) is 0 Å². The number of hydrogen-bond acceptors (Lipinski definition) is 3. The maximum atomic E-state index is 12.4. The van der Waals surface area contributed by atoms with Crippen molar-refractivity contribution in [1.82, 2.24) is 10.2 Å². The quantitative estimate of drug-likeness (QED) is 0.741. The number of amides is 2. The number of likely N-dealkylation sites (N-methyl/N-ethyl adjacent to an activating group) is 1. The van der Waals surface area contributed by atoms with Crippen LogP contribution in [0.25, 0.3) is 0 Å². The van der Waals surface area contributed by atoms with Crippen molar-refractivity contribution >= 4 is 17.5 Å². The lowest BCUT2D eigenvalue weighted by atomic mass is 9.89. The first-order valence-electron chi connectivity index (χ1n) is 9.88. The number of carbonyl (C=O) groups excluding carboxylic acids is 2. The van der Waals surface area contributed by atoms with E-state index in [2.05, 4.69) is 27.7 Å². The maximum Gasteiger partial charge on any atom is 0.227 e. The molecule has 0 aromatic heterocycles. The van der Waals surface area contributed by atoms with E-state index < -0.39 is 0 Å². The van der Waals surface area contributed by atoms with Gasteiger partial charge in [0, 0.05) is 30.6 Å². The lowest BCUT2D eigenvalue weighted by Crippen LogP contribution is -2.41. The molecule has 0 bridgehead atoms. The van der Waals surface area contributed by atoms with Crippen molar-refractivity contribution in [1.29, 1.82) is 0 Å². The highest BCUT2D eigenvalue weighted by molar-refractivity contribution is 5.96. The predicted molar refractivity (Wildman–Crippen MR) is 112 cm³/mol. The minimum atomic E-state index is -0.144. The highest BCUT2D eigenvalue weighted by Crippen LogP contribution is 2.27. The number of hydrogen-bond donors (Lipinski definition) is 2. The molecular formula is C23H29N3O2. The zero-order valence-electron chi connectivity index (χ0n) is 16.7. The Balaban J connectivity index is 1.46. The van der Waals surface area contributed by atoms with Gasteiger partial charge < -0.3 is 15.5 Å². The van der Waals surface area contributed by atoms with Gasteiger partial charge in [-0.25, -0.2) is 0 Å². The Kier molecular flexibility index (Phi) is 6.82. The second-order valence-corrected chi connectivity index (χ2v) is 7.70. The number of anilines is 1. The molecular weight excluding hydrogens is 350 g/mol. The molecule has 5 nitrogen and oxygen atoms in total. The summed E-state index contributed by atoms with van der Waals surface area (Å²) in [5.74, 6) is -0.122. The number of fused-ring (bicyclic) bond motifs is 1. The average molecular weight is 380 g/mol. The highest BCUT2D eigenvalue weighted by atomic mass is 16.2. The molecule has 2 atom stereocenters. The molecule has 0 radical (unpaired) electrons. The standard InChI is InChI=1S/C23H29N3O2/c1-26(2)20(14-17-8-4-3-5-9-17)16-24-22(27)13-12-19-15-18-10-6-7-11-21(18)25-23(19)28/h3-11,19-20H,12-16H2,1-2H3,(H,24,27)(H,25,28). The SMILES string of the molecule is CN(C)C(CNC(=O)CCC1Cc2ccccc2NC1=O)Cc1ccccc1. The number of nitrogens with zero attached hydrogens (tertiary/aromatic N) is 1. The van der Waals surface area contributed by atoms with Crippen LogP contribution in [0.1, 0.15) is 24.0 Å². The number of carbonyl (C=O) groups is 2. The second kappa shape index (κ2) is 9.51. The Morgan fingerprint density at radius 2 is 1.86 bits per heavy atom. The summed E-state index contributed by atoms with van der Waals surface area (Å²) in [6.07, 6.45) is 2.52. The fourth-order valence-corrected chi connectivity index (χ4v) is 3.60. The van der Waals surface area contributed by atoms with E-state index in [1.54, 1.807) is 0 Å². The smallest absolute Gasteiger partial charge is 0.227 e. The van der Waals surface area contributed by atoms with Crippen molar-refractivity contribution in [3.63, 3.8) is 0 Å². The van der Waals surface area contributed by atoms with E-state index in [9.17, 15) is 9.59 Å². The largest absolute Gasteiger partial charge is 0.355 e. The Morgan fingerprint density at radius 1 is 1.14 bits per heavy atom. The van der Waals surface area contributed by atoms with Crippen LogP contribution in [0.5, 0.6) is 0 Å². The van der Waals surface area contributed by atoms with Crippen molar-refractivity contribution in [2.24, 2.45) is 5.92 Å². The Morgan fingerprint density at radius 3 is 2.61 bits per heavy atom. The average Bonchev–Trinajstić information content (AvgIpc) is 2.70. The molecule has 2 aromatic carbocycles.